The van der Waals surface area contributed by atoms with Crippen LogP contribution >= 0.6 is 0 Å². The number of nitrogens with zero attached hydrogens (tertiary/aromatic N) is 1. The highest BCUT2D eigenvalue weighted by atomic mass is 15.1. The van der Waals surface area contributed by atoms with Crippen LogP contribution in [0.25, 0.3) is 55.6 Å². The third-order valence-corrected chi connectivity index (χ3v) is 16.4. The summed E-state index contributed by atoms with van der Waals surface area (Å²) in [6.07, 6.45) is 5.34. The van der Waals surface area contributed by atoms with Crippen molar-refractivity contribution in [1.82, 2.24) is 0 Å². The molecule has 13 rings (SSSR count). The number of fused-ring (bicyclic) bond motifs is 14. The van der Waals surface area contributed by atoms with Gasteiger partial charge in [0.2, 0.25) is 0 Å². The lowest BCUT2D eigenvalue weighted by Gasteiger charge is -2.37. The molecule has 300 valence electrons. The van der Waals surface area contributed by atoms with Gasteiger partial charge in [-0.25, -0.2) is 0 Å². The van der Waals surface area contributed by atoms with Crippen LogP contribution in [0.4, 0.5) is 17.1 Å². The number of anilines is 3. The Morgan fingerprint density at radius 1 is 0.403 bits per heavy atom. The van der Waals surface area contributed by atoms with Gasteiger partial charge < -0.3 is 4.90 Å². The Bertz CT molecular complexity index is 3160. The molecule has 3 atom stereocenters. The lowest BCUT2D eigenvalue weighted by atomic mass is 9.67. The van der Waals surface area contributed by atoms with Crippen LogP contribution < -0.4 is 4.90 Å². The molecule has 0 aromatic heterocycles. The minimum absolute atomic E-state index is 0.00983. The topological polar surface area (TPSA) is 3.24 Å². The molecule has 0 aliphatic heterocycles. The van der Waals surface area contributed by atoms with Crippen molar-refractivity contribution in [3.05, 3.63) is 209 Å². The van der Waals surface area contributed by atoms with E-state index < -0.39 is 0 Å². The zero-order valence-corrected chi connectivity index (χ0v) is 36.2. The normalized spacial score (nSPS) is 21.0. The quantitative estimate of drug-likeness (QED) is 0.168. The summed E-state index contributed by atoms with van der Waals surface area (Å²) in [7, 11) is 0. The van der Waals surface area contributed by atoms with Gasteiger partial charge in [0, 0.05) is 33.1 Å². The van der Waals surface area contributed by atoms with Crippen LogP contribution in [0.15, 0.2) is 176 Å². The number of hydrogen-bond donors (Lipinski definition) is 0. The number of para-hydroxylation sites is 1. The van der Waals surface area contributed by atoms with E-state index >= 15 is 0 Å². The molecular formula is C61H51N. The van der Waals surface area contributed by atoms with Crippen LogP contribution in [0.5, 0.6) is 0 Å². The molecule has 0 saturated heterocycles. The lowest BCUT2D eigenvalue weighted by Crippen LogP contribution is -2.31. The summed E-state index contributed by atoms with van der Waals surface area (Å²) in [4.78, 5) is 2.60. The molecule has 3 unspecified atom stereocenters. The van der Waals surface area contributed by atoms with Crippen LogP contribution in [0.2, 0.25) is 0 Å². The Hall–Kier alpha value is -6.44. The molecule has 0 N–H and O–H groups in total. The van der Waals surface area contributed by atoms with E-state index in [2.05, 4.69) is 209 Å². The Labute approximate surface area is 366 Å². The van der Waals surface area contributed by atoms with E-state index in [1.165, 1.54) is 121 Å². The minimum Gasteiger partial charge on any atom is -0.309 e. The highest BCUT2D eigenvalue weighted by Crippen LogP contribution is 2.67. The predicted octanol–water partition coefficient (Wildman–Crippen LogP) is 16.2. The van der Waals surface area contributed by atoms with Crippen molar-refractivity contribution in [3.63, 3.8) is 0 Å². The maximum atomic E-state index is 2.60. The monoisotopic (exact) mass is 797 g/mol. The molecule has 5 aliphatic rings. The summed E-state index contributed by atoms with van der Waals surface area (Å²) in [5.74, 6) is 1.52. The van der Waals surface area contributed by atoms with E-state index in [9.17, 15) is 0 Å². The molecule has 0 radical (unpaired) electrons. The highest BCUT2D eigenvalue weighted by Gasteiger charge is 2.57. The van der Waals surface area contributed by atoms with Crippen molar-refractivity contribution >= 4 is 17.1 Å². The van der Waals surface area contributed by atoms with Gasteiger partial charge in [0.15, 0.2) is 0 Å². The van der Waals surface area contributed by atoms with Gasteiger partial charge in [-0.3, -0.25) is 0 Å². The SMILES string of the molecule is CC1(C)c2ccccc2-c2cc(-c3ccc(N(c4ccccc4-c4cccc5c4-c4ccccc4C5(C)C)c4cccc5c4-c4ccccc4C54CC5CCC4C5)cc3)ccc21. The fourth-order valence-electron chi connectivity index (χ4n) is 13.6. The molecule has 1 nitrogen and oxygen atoms in total. The molecule has 0 heterocycles. The third-order valence-electron chi connectivity index (χ3n) is 16.4. The van der Waals surface area contributed by atoms with E-state index in [4.69, 9.17) is 0 Å². The number of benzene rings is 8. The van der Waals surface area contributed by atoms with Gasteiger partial charge in [-0.2, -0.15) is 0 Å². The first-order valence-corrected chi connectivity index (χ1v) is 23.0. The van der Waals surface area contributed by atoms with Gasteiger partial charge in [-0.1, -0.05) is 180 Å². The van der Waals surface area contributed by atoms with Gasteiger partial charge in [0.25, 0.3) is 0 Å². The first kappa shape index (κ1) is 36.2. The first-order chi connectivity index (χ1) is 30.2. The number of rotatable bonds is 5. The van der Waals surface area contributed by atoms with Gasteiger partial charge in [0.1, 0.15) is 0 Å². The second-order valence-electron chi connectivity index (χ2n) is 20.0. The second-order valence-corrected chi connectivity index (χ2v) is 20.0. The van der Waals surface area contributed by atoms with Crippen molar-refractivity contribution in [3.8, 4) is 55.6 Å². The second kappa shape index (κ2) is 12.8. The average molecular weight is 798 g/mol. The fraction of sp³-hybridized carbons (Fsp3) is 0.213. The molecule has 2 bridgehead atoms. The Kier molecular flexibility index (Phi) is 7.48. The maximum Gasteiger partial charge on any atom is 0.0543 e. The summed E-state index contributed by atoms with van der Waals surface area (Å²) in [6, 6.07) is 67.5. The average Bonchev–Trinajstić information content (AvgIpc) is 4.10. The summed E-state index contributed by atoms with van der Waals surface area (Å²) < 4.78 is 0. The Morgan fingerprint density at radius 2 is 0.952 bits per heavy atom. The summed E-state index contributed by atoms with van der Waals surface area (Å²) in [6.45, 7) is 9.50. The van der Waals surface area contributed by atoms with E-state index in [0.29, 0.717) is 5.92 Å². The fourth-order valence-corrected chi connectivity index (χ4v) is 13.6. The molecule has 2 fully saturated rings. The first-order valence-electron chi connectivity index (χ1n) is 23.0. The zero-order chi connectivity index (χ0) is 41.5. The molecular weight excluding hydrogens is 747 g/mol. The van der Waals surface area contributed by atoms with Crippen LogP contribution in [0.1, 0.15) is 86.8 Å². The van der Waals surface area contributed by atoms with Gasteiger partial charge in [-0.05, 0) is 139 Å². The zero-order valence-electron chi connectivity index (χ0n) is 36.2. The largest absolute Gasteiger partial charge is 0.309 e. The van der Waals surface area contributed by atoms with Crippen LogP contribution in [0.3, 0.4) is 0 Å². The smallest absolute Gasteiger partial charge is 0.0543 e. The van der Waals surface area contributed by atoms with Gasteiger partial charge in [0.05, 0.1) is 11.4 Å². The minimum atomic E-state index is -0.0826. The molecule has 2 saturated carbocycles. The number of hydrogen-bond acceptors (Lipinski definition) is 1. The Balaban J connectivity index is 1.02. The van der Waals surface area contributed by atoms with Crippen LogP contribution in [-0.2, 0) is 16.2 Å². The van der Waals surface area contributed by atoms with Gasteiger partial charge >= 0.3 is 0 Å². The van der Waals surface area contributed by atoms with Crippen LogP contribution in [0, 0.1) is 11.8 Å². The summed E-state index contributed by atoms with van der Waals surface area (Å²) in [5.41, 5.74) is 25.6. The van der Waals surface area contributed by atoms with E-state index in [1.54, 1.807) is 11.1 Å². The highest BCUT2D eigenvalue weighted by molar-refractivity contribution is 6.01. The molecule has 8 aromatic carbocycles. The summed E-state index contributed by atoms with van der Waals surface area (Å²) in [5, 5.41) is 0. The molecule has 1 heteroatoms. The van der Waals surface area contributed by atoms with E-state index in [0.717, 1.165) is 5.92 Å². The van der Waals surface area contributed by atoms with E-state index in [-0.39, 0.29) is 16.2 Å². The Morgan fingerprint density at radius 3 is 1.69 bits per heavy atom. The van der Waals surface area contributed by atoms with Crippen molar-refractivity contribution in [2.75, 3.05) is 4.90 Å². The summed E-state index contributed by atoms with van der Waals surface area (Å²) >= 11 is 0. The van der Waals surface area contributed by atoms with Crippen molar-refractivity contribution in [1.29, 1.82) is 0 Å². The van der Waals surface area contributed by atoms with Crippen molar-refractivity contribution < 1.29 is 0 Å². The van der Waals surface area contributed by atoms with Crippen LogP contribution in [-0.4, -0.2) is 0 Å². The van der Waals surface area contributed by atoms with Gasteiger partial charge in [-0.15, -0.1) is 0 Å². The van der Waals surface area contributed by atoms with Crippen molar-refractivity contribution in [2.24, 2.45) is 11.8 Å². The van der Waals surface area contributed by atoms with E-state index in [1.807, 2.05) is 0 Å². The molecule has 8 aromatic rings. The lowest BCUT2D eigenvalue weighted by molar-refractivity contribution is 0.327. The molecule has 1 spiro atoms. The maximum absolute atomic E-state index is 2.60. The predicted molar refractivity (Wildman–Crippen MR) is 259 cm³/mol. The molecule has 0 amide bonds. The van der Waals surface area contributed by atoms with Crippen molar-refractivity contribution in [2.45, 2.75) is 69.6 Å². The molecule has 62 heavy (non-hydrogen) atoms. The molecule has 5 aliphatic carbocycles. The standard InChI is InChI=1S/C61H51N/c1-59(2)49-20-9-5-15-43(49)48-36-40(30-34-51(48)59)39-28-32-42(33-29-39)62(56-26-14-24-54-58(56)47-18-7-11-22-52(47)61(54)37-38-27-31-41(61)35-38)55-25-12-8-16-44(55)45-19-13-23-53-57(45)46-17-6-10-21-50(46)60(53,3)4/h5-26,28-30,32-34,36,38,41H,27,31,35,37H2,1-4H3. The third kappa shape index (κ3) is 4.75.